The summed E-state index contributed by atoms with van der Waals surface area (Å²) >= 11 is 0. The zero-order chi connectivity index (χ0) is 14.0. The highest BCUT2D eigenvalue weighted by molar-refractivity contribution is 5.32. The molecule has 0 aliphatic carbocycles. The number of halogens is 3. The van der Waals surface area contributed by atoms with Crippen LogP contribution in [0.1, 0.15) is 25.3 Å². The Balaban J connectivity index is 2.24. The molecule has 2 aromatic rings. The predicted molar refractivity (Wildman–Crippen MR) is 64.7 cm³/mol. The maximum absolute atomic E-state index is 13.3. The summed E-state index contributed by atoms with van der Waals surface area (Å²) in [6.07, 6.45) is 0. The second-order valence-corrected chi connectivity index (χ2v) is 4.37. The van der Waals surface area contributed by atoms with Crippen LogP contribution in [0.5, 0.6) is 11.6 Å². The van der Waals surface area contributed by atoms with Gasteiger partial charge < -0.3 is 4.74 Å². The molecule has 0 unspecified atom stereocenters. The summed E-state index contributed by atoms with van der Waals surface area (Å²) in [6.45, 7) is 4.07. The van der Waals surface area contributed by atoms with Crippen molar-refractivity contribution in [3.05, 3.63) is 53.5 Å². The molecule has 0 radical (unpaired) electrons. The molecule has 2 rings (SSSR count). The average Bonchev–Trinajstić information content (AvgIpc) is 2.36. The number of hydrogen-bond acceptors (Lipinski definition) is 2. The third-order valence-corrected chi connectivity index (χ3v) is 2.62. The minimum Gasteiger partial charge on any atom is -0.436 e. The lowest BCUT2D eigenvalue weighted by Gasteiger charge is -2.08. The van der Waals surface area contributed by atoms with Crippen molar-refractivity contribution in [3.8, 4) is 11.6 Å². The first-order valence-corrected chi connectivity index (χ1v) is 5.76. The van der Waals surface area contributed by atoms with Crippen molar-refractivity contribution >= 4 is 0 Å². The number of aromatic nitrogens is 1. The Hall–Kier alpha value is -2.04. The Labute approximate surface area is 108 Å². The van der Waals surface area contributed by atoms with Gasteiger partial charge >= 0.3 is 0 Å². The van der Waals surface area contributed by atoms with Crippen molar-refractivity contribution < 1.29 is 17.9 Å². The Morgan fingerprint density at radius 3 is 2.21 bits per heavy atom. The van der Waals surface area contributed by atoms with Crippen LogP contribution in [0.4, 0.5) is 13.2 Å². The number of hydrogen-bond donors (Lipinski definition) is 0. The van der Waals surface area contributed by atoms with Crippen LogP contribution in [0.2, 0.25) is 0 Å². The molecule has 0 atom stereocenters. The zero-order valence-electron chi connectivity index (χ0n) is 10.5. The molecule has 0 saturated carbocycles. The van der Waals surface area contributed by atoms with Gasteiger partial charge in [0.05, 0.1) is 0 Å². The summed E-state index contributed by atoms with van der Waals surface area (Å²) in [5.74, 6) is -3.72. The van der Waals surface area contributed by atoms with Gasteiger partial charge in [0.25, 0.3) is 11.8 Å². The normalized spacial score (nSPS) is 10.8. The van der Waals surface area contributed by atoms with Gasteiger partial charge in [-0.05, 0) is 23.6 Å². The van der Waals surface area contributed by atoms with Gasteiger partial charge in [0.1, 0.15) is 5.75 Å². The van der Waals surface area contributed by atoms with Crippen LogP contribution in [0, 0.1) is 17.6 Å². The predicted octanol–water partition coefficient (Wildman–Crippen LogP) is 4.41. The van der Waals surface area contributed by atoms with E-state index in [1.165, 1.54) is 0 Å². The van der Waals surface area contributed by atoms with E-state index < -0.39 is 23.5 Å². The van der Waals surface area contributed by atoms with Crippen molar-refractivity contribution in [2.75, 3.05) is 0 Å². The van der Waals surface area contributed by atoms with E-state index in [4.69, 9.17) is 4.74 Å². The van der Waals surface area contributed by atoms with Gasteiger partial charge in [-0.25, -0.2) is 8.78 Å². The molecule has 0 fully saturated rings. The molecule has 5 heteroatoms. The van der Waals surface area contributed by atoms with Crippen molar-refractivity contribution in [1.29, 1.82) is 0 Å². The van der Waals surface area contributed by atoms with Crippen molar-refractivity contribution in [2.45, 2.75) is 19.8 Å². The smallest absolute Gasteiger partial charge is 0.258 e. The van der Waals surface area contributed by atoms with E-state index >= 15 is 0 Å². The molecule has 1 heterocycles. The van der Waals surface area contributed by atoms with E-state index in [9.17, 15) is 13.2 Å². The van der Waals surface area contributed by atoms with Crippen LogP contribution >= 0.6 is 0 Å². The highest BCUT2D eigenvalue weighted by Gasteiger charge is 2.13. The number of rotatable bonds is 3. The molecule has 0 saturated heterocycles. The Bertz CT molecular complexity index is 582. The monoisotopic (exact) mass is 267 g/mol. The van der Waals surface area contributed by atoms with Crippen LogP contribution in [0.25, 0.3) is 0 Å². The first-order valence-electron chi connectivity index (χ1n) is 5.76. The van der Waals surface area contributed by atoms with E-state index in [2.05, 4.69) is 4.98 Å². The molecule has 1 aromatic heterocycles. The summed E-state index contributed by atoms with van der Waals surface area (Å²) in [5, 5.41) is 0. The van der Waals surface area contributed by atoms with Crippen LogP contribution in [0.3, 0.4) is 0 Å². The molecular weight excluding hydrogens is 255 g/mol. The molecule has 2 nitrogen and oxygen atoms in total. The lowest BCUT2D eigenvalue weighted by molar-refractivity contribution is 0.387. The van der Waals surface area contributed by atoms with Gasteiger partial charge in [-0.1, -0.05) is 26.0 Å². The van der Waals surface area contributed by atoms with E-state index in [1.807, 2.05) is 26.0 Å². The van der Waals surface area contributed by atoms with Gasteiger partial charge in [0.15, 0.2) is 11.6 Å². The fourth-order valence-corrected chi connectivity index (χ4v) is 1.53. The van der Waals surface area contributed by atoms with Crippen LogP contribution in [0.15, 0.2) is 30.3 Å². The third kappa shape index (κ3) is 3.05. The van der Waals surface area contributed by atoms with Gasteiger partial charge in [0.2, 0.25) is 0 Å². The second kappa shape index (κ2) is 5.30. The number of pyridine rings is 1. The van der Waals surface area contributed by atoms with Gasteiger partial charge in [-0.2, -0.15) is 9.37 Å². The average molecular weight is 267 g/mol. The molecular formula is C14H12F3NO. The maximum Gasteiger partial charge on any atom is 0.258 e. The standard InChI is InChI=1S/C14H12F3NO/c1-8(2)9-3-5-10(6-4-9)19-14-12(16)7-11(15)13(17)18-14/h3-8H,1-2H3. The highest BCUT2D eigenvalue weighted by atomic mass is 19.2. The Kier molecular flexibility index (Phi) is 3.74. The molecule has 0 spiro atoms. The molecule has 100 valence electrons. The zero-order valence-corrected chi connectivity index (χ0v) is 10.5. The van der Waals surface area contributed by atoms with E-state index in [-0.39, 0.29) is 0 Å². The summed E-state index contributed by atoms with van der Waals surface area (Å²) in [6, 6.07) is 7.28. The lowest BCUT2D eigenvalue weighted by atomic mass is 10.0. The summed E-state index contributed by atoms with van der Waals surface area (Å²) in [4.78, 5) is 3.09. The van der Waals surface area contributed by atoms with E-state index in [0.717, 1.165) is 5.56 Å². The first kappa shape index (κ1) is 13.4. The largest absolute Gasteiger partial charge is 0.436 e. The highest BCUT2D eigenvalue weighted by Crippen LogP contribution is 2.25. The minimum absolute atomic E-state index is 0.307. The molecule has 0 amide bonds. The SMILES string of the molecule is CC(C)c1ccc(Oc2nc(F)c(F)cc2F)cc1. The van der Waals surface area contributed by atoms with E-state index in [0.29, 0.717) is 17.7 Å². The van der Waals surface area contributed by atoms with Crippen molar-refractivity contribution in [1.82, 2.24) is 4.98 Å². The Morgan fingerprint density at radius 2 is 1.63 bits per heavy atom. The molecule has 0 aliphatic rings. The molecule has 0 aliphatic heterocycles. The summed E-state index contributed by atoms with van der Waals surface area (Å²) in [5.41, 5.74) is 1.09. The lowest BCUT2D eigenvalue weighted by Crippen LogP contribution is -1.98. The van der Waals surface area contributed by atoms with Crippen LogP contribution in [-0.2, 0) is 0 Å². The van der Waals surface area contributed by atoms with Gasteiger partial charge in [-0.15, -0.1) is 0 Å². The fourth-order valence-electron chi connectivity index (χ4n) is 1.53. The number of ether oxygens (including phenoxy) is 1. The van der Waals surface area contributed by atoms with Crippen LogP contribution in [-0.4, -0.2) is 4.98 Å². The van der Waals surface area contributed by atoms with Gasteiger partial charge in [-0.3, -0.25) is 0 Å². The first-order chi connectivity index (χ1) is 8.97. The maximum atomic E-state index is 13.3. The number of nitrogens with zero attached hydrogens (tertiary/aromatic N) is 1. The Morgan fingerprint density at radius 1 is 1.00 bits per heavy atom. The molecule has 1 aromatic carbocycles. The summed E-state index contributed by atoms with van der Waals surface area (Å²) in [7, 11) is 0. The topological polar surface area (TPSA) is 22.1 Å². The quantitative estimate of drug-likeness (QED) is 0.768. The fraction of sp³-hybridized carbons (Fsp3) is 0.214. The van der Waals surface area contributed by atoms with Gasteiger partial charge in [0, 0.05) is 6.07 Å². The third-order valence-electron chi connectivity index (χ3n) is 2.62. The molecule has 19 heavy (non-hydrogen) atoms. The van der Waals surface area contributed by atoms with Crippen molar-refractivity contribution in [3.63, 3.8) is 0 Å². The second-order valence-electron chi connectivity index (χ2n) is 4.37. The molecule has 0 N–H and O–H groups in total. The summed E-state index contributed by atoms with van der Waals surface area (Å²) < 4.78 is 44.0. The molecule has 0 bridgehead atoms. The van der Waals surface area contributed by atoms with Crippen LogP contribution < -0.4 is 4.74 Å². The number of benzene rings is 1. The van der Waals surface area contributed by atoms with Crippen molar-refractivity contribution in [2.24, 2.45) is 0 Å². The van der Waals surface area contributed by atoms with E-state index in [1.54, 1.807) is 12.1 Å². The minimum atomic E-state index is -1.39.